The predicted molar refractivity (Wildman–Crippen MR) is 185 cm³/mol. The van der Waals surface area contributed by atoms with Crippen molar-refractivity contribution in [2.24, 2.45) is 5.10 Å². The predicted octanol–water partition coefficient (Wildman–Crippen LogP) is 8.89. The third-order valence-corrected chi connectivity index (χ3v) is 7.98. The molecule has 0 unspecified atom stereocenters. The van der Waals surface area contributed by atoms with Crippen LogP contribution in [0.1, 0.15) is 106 Å². The van der Waals surface area contributed by atoms with Crippen LogP contribution in [0.25, 0.3) is 10.9 Å². The van der Waals surface area contributed by atoms with Crippen molar-refractivity contribution < 1.29 is 19.0 Å². The van der Waals surface area contributed by atoms with Crippen molar-refractivity contribution in [2.75, 3.05) is 13.7 Å². The smallest absolute Gasteiger partial charge is 0.343 e. The second kappa shape index (κ2) is 18.5. The van der Waals surface area contributed by atoms with E-state index in [-0.39, 0.29) is 11.3 Å². The van der Waals surface area contributed by atoms with Gasteiger partial charge in [0.15, 0.2) is 11.5 Å². The van der Waals surface area contributed by atoms with Crippen molar-refractivity contribution >= 4 is 23.1 Å². The Morgan fingerprint density at radius 2 is 1.48 bits per heavy atom. The zero-order valence-corrected chi connectivity index (χ0v) is 27.5. The molecule has 0 saturated heterocycles. The first-order valence-corrected chi connectivity index (χ1v) is 16.7. The quantitative estimate of drug-likeness (QED) is 0.0447. The molecule has 0 spiro atoms. The molecular formula is C38H47N3O5. The molecule has 4 aromatic rings. The van der Waals surface area contributed by atoms with Crippen LogP contribution in [0.3, 0.4) is 0 Å². The highest BCUT2D eigenvalue weighted by molar-refractivity contribution is 5.91. The highest BCUT2D eigenvalue weighted by atomic mass is 16.6. The van der Waals surface area contributed by atoms with Crippen LogP contribution in [-0.4, -0.2) is 35.6 Å². The van der Waals surface area contributed by atoms with Crippen molar-refractivity contribution in [3.8, 4) is 17.2 Å². The van der Waals surface area contributed by atoms with Crippen LogP contribution < -0.4 is 19.8 Å². The van der Waals surface area contributed by atoms with Gasteiger partial charge in [-0.1, -0.05) is 89.7 Å². The fraction of sp³-hybridized carbons (Fsp3) is 0.421. The van der Waals surface area contributed by atoms with Gasteiger partial charge >= 0.3 is 5.97 Å². The number of aromatic nitrogens is 2. The lowest BCUT2D eigenvalue weighted by Crippen LogP contribution is -2.20. The summed E-state index contributed by atoms with van der Waals surface area (Å²) in [6, 6.07) is 19.2. The molecule has 8 heteroatoms. The molecule has 46 heavy (non-hydrogen) atoms. The lowest BCUT2D eigenvalue weighted by molar-refractivity contribution is 0.0729. The third kappa shape index (κ3) is 10.3. The second-order valence-corrected chi connectivity index (χ2v) is 11.6. The lowest BCUT2D eigenvalue weighted by Gasteiger charge is -2.11. The number of aryl methyl sites for hydroxylation is 1. The van der Waals surface area contributed by atoms with Gasteiger partial charge in [-0.05, 0) is 73.5 Å². The summed E-state index contributed by atoms with van der Waals surface area (Å²) in [6.45, 7) is 4.66. The Morgan fingerprint density at radius 3 is 2.15 bits per heavy atom. The van der Waals surface area contributed by atoms with E-state index in [4.69, 9.17) is 14.2 Å². The van der Waals surface area contributed by atoms with Crippen molar-refractivity contribution in [1.82, 2.24) is 9.66 Å². The molecule has 1 heterocycles. The molecular weight excluding hydrogens is 578 g/mol. The number of benzene rings is 3. The topological polar surface area (TPSA) is 92.0 Å². The Hall–Kier alpha value is -4.46. The molecule has 4 rings (SSSR count). The number of methoxy groups -OCH3 is 1. The van der Waals surface area contributed by atoms with Crippen molar-refractivity contribution in [2.45, 2.75) is 90.9 Å². The highest BCUT2D eigenvalue weighted by Crippen LogP contribution is 2.29. The number of rotatable bonds is 19. The molecule has 0 aliphatic carbocycles. The van der Waals surface area contributed by atoms with Crippen molar-refractivity contribution in [3.05, 3.63) is 94.0 Å². The molecule has 0 radical (unpaired) electrons. The van der Waals surface area contributed by atoms with E-state index in [1.807, 2.05) is 6.07 Å². The first kappa shape index (κ1) is 34.4. The van der Waals surface area contributed by atoms with Gasteiger partial charge in [0.2, 0.25) is 0 Å². The lowest BCUT2D eigenvalue weighted by atomic mass is 10.1. The van der Waals surface area contributed by atoms with E-state index >= 15 is 0 Å². The van der Waals surface area contributed by atoms with Gasteiger partial charge in [-0.15, -0.1) is 0 Å². The standard InChI is InChI=1S/C38H47N3O5/c1-4-5-6-7-8-9-10-11-12-13-14-17-26-45-32-23-21-31(22-24-32)38(43)46-35-25-20-30(27-36(35)44-3)28-39-41-29(2)40-34-19-16-15-18-33(34)37(41)42/h15-16,18-25,27-28H,4-14,17,26H2,1-3H3/b39-28+. The van der Waals surface area contributed by atoms with Crippen LogP contribution in [0.5, 0.6) is 17.2 Å². The summed E-state index contributed by atoms with van der Waals surface area (Å²) in [5, 5.41) is 4.84. The van der Waals surface area contributed by atoms with E-state index in [0.717, 1.165) is 12.2 Å². The molecule has 0 aliphatic heterocycles. The number of para-hydroxylation sites is 1. The maximum Gasteiger partial charge on any atom is 0.343 e. The van der Waals surface area contributed by atoms with Gasteiger partial charge in [0, 0.05) is 0 Å². The Labute approximate surface area is 272 Å². The number of fused-ring (bicyclic) bond motifs is 1. The van der Waals surface area contributed by atoms with Gasteiger partial charge in [0.1, 0.15) is 11.6 Å². The summed E-state index contributed by atoms with van der Waals surface area (Å²) in [5.74, 6) is 1.34. The van der Waals surface area contributed by atoms with Crippen LogP contribution >= 0.6 is 0 Å². The third-order valence-electron chi connectivity index (χ3n) is 7.98. The van der Waals surface area contributed by atoms with E-state index in [1.165, 1.54) is 88.6 Å². The number of hydrogen-bond acceptors (Lipinski definition) is 7. The van der Waals surface area contributed by atoms with Crippen LogP contribution in [-0.2, 0) is 0 Å². The normalized spacial score (nSPS) is 11.3. The average Bonchev–Trinajstić information content (AvgIpc) is 3.07. The van der Waals surface area contributed by atoms with Crippen molar-refractivity contribution in [1.29, 1.82) is 0 Å². The highest BCUT2D eigenvalue weighted by Gasteiger charge is 2.14. The fourth-order valence-electron chi connectivity index (χ4n) is 5.32. The second-order valence-electron chi connectivity index (χ2n) is 11.6. The number of carbonyl (C=O) groups excluding carboxylic acids is 1. The molecule has 0 N–H and O–H groups in total. The van der Waals surface area contributed by atoms with E-state index in [1.54, 1.807) is 67.6 Å². The van der Waals surface area contributed by atoms with Crippen LogP contribution in [0.4, 0.5) is 0 Å². The maximum atomic E-state index is 12.9. The first-order valence-electron chi connectivity index (χ1n) is 16.7. The monoisotopic (exact) mass is 625 g/mol. The van der Waals surface area contributed by atoms with Crippen LogP contribution in [0.2, 0.25) is 0 Å². The molecule has 0 fully saturated rings. The van der Waals surface area contributed by atoms with Gasteiger partial charge in [-0.3, -0.25) is 4.79 Å². The number of unbranched alkanes of at least 4 members (excludes halogenated alkanes) is 11. The van der Waals surface area contributed by atoms with Gasteiger partial charge in [0.05, 0.1) is 36.4 Å². The zero-order chi connectivity index (χ0) is 32.6. The first-order chi connectivity index (χ1) is 22.5. The Kier molecular flexibility index (Phi) is 13.8. The molecule has 3 aromatic carbocycles. The summed E-state index contributed by atoms with van der Waals surface area (Å²) in [7, 11) is 1.50. The zero-order valence-electron chi connectivity index (χ0n) is 27.5. The summed E-state index contributed by atoms with van der Waals surface area (Å²) in [6.07, 6.45) is 17.2. The Bertz CT molecular complexity index is 1630. The summed E-state index contributed by atoms with van der Waals surface area (Å²) < 4.78 is 18.2. The number of hydrogen-bond donors (Lipinski definition) is 0. The molecule has 244 valence electrons. The molecule has 0 saturated carbocycles. The van der Waals surface area contributed by atoms with E-state index < -0.39 is 5.97 Å². The molecule has 0 aliphatic rings. The molecule has 1 aromatic heterocycles. The minimum atomic E-state index is -0.503. The summed E-state index contributed by atoms with van der Waals surface area (Å²) >= 11 is 0. The number of esters is 1. The van der Waals surface area contributed by atoms with Gasteiger partial charge in [0.25, 0.3) is 5.56 Å². The van der Waals surface area contributed by atoms with Gasteiger partial charge in [-0.2, -0.15) is 9.78 Å². The minimum absolute atomic E-state index is 0.252. The summed E-state index contributed by atoms with van der Waals surface area (Å²) in [5.41, 5.74) is 1.44. The SMILES string of the molecule is CCCCCCCCCCCCCCOc1ccc(C(=O)Oc2ccc(/C=N/n3c(C)nc4ccccc4c3=O)cc2OC)cc1. The van der Waals surface area contributed by atoms with E-state index in [2.05, 4.69) is 17.0 Å². The molecule has 8 nitrogen and oxygen atoms in total. The van der Waals surface area contributed by atoms with Crippen LogP contribution in [0.15, 0.2) is 76.6 Å². The Morgan fingerprint density at radius 1 is 0.826 bits per heavy atom. The number of nitrogens with zero attached hydrogens (tertiary/aromatic N) is 3. The van der Waals surface area contributed by atoms with Crippen LogP contribution in [0, 0.1) is 6.92 Å². The molecule has 0 atom stereocenters. The minimum Gasteiger partial charge on any atom is -0.494 e. The average molecular weight is 626 g/mol. The van der Waals surface area contributed by atoms with Gasteiger partial charge in [-0.25, -0.2) is 9.78 Å². The largest absolute Gasteiger partial charge is 0.494 e. The van der Waals surface area contributed by atoms with E-state index in [0.29, 0.717) is 40.2 Å². The fourth-order valence-corrected chi connectivity index (χ4v) is 5.32. The molecule has 0 amide bonds. The number of ether oxygens (including phenoxy) is 3. The molecule has 0 bridgehead atoms. The van der Waals surface area contributed by atoms with Gasteiger partial charge < -0.3 is 14.2 Å². The Balaban J connectivity index is 1.21. The maximum absolute atomic E-state index is 12.9. The van der Waals surface area contributed by atoms with Crippen molar-refractivity contribution in [3.63, 3.8) is 0 Å². The number of carbonyl (C=O) groups is 1. The van der Waals surface area contributed by atoms with E-state index in [9.17, 15) is 9.59 Å². The summed E-state index contributed by atoms with van der Waals surface area (Å²) in [4.78, 5) is 30.2.